The number of hydrogen-bond acceptors (Lipinski definition) is 5. The highest BCUT2D eigenvalue weighted by molar-refractivity contribution is 5.87. The van der Waals surface area contributed by atoms with Crippen molar-refractivity contribution in [3.8, 4) is 17.4 Å². The SMILES string of the molecule is CCOc1ccccc1Oc1nccnc1C(=O)O. The molecule has 0 bridgehead atoms. The summed E-state index contributed by atoms with van der Waals surface area (Å²) in [7, 11) is 0. The van der Waals surface area contributed by atoms with Crippen LogP contribution in [0.15, 0.2) is 36.7 Å². The van der Waals surface area contributed by atoms with Gasteiger partial charge in [0.05, 0.1) is 6.61 Å². The van der Waals surface area contributed by atoms with E-state index in [0.717, 1.165) is 0 Å². The number of aromatic carboxylic acids is 1. The van der Waals surface area contributed by atoms with E-state index in [2.05, 4.69) is 9.97 Å². The van der Waals surface area contributed by atoms with Crippen molar-refractivity contribution in [3.63, 3.8) is 0 Å². The molecule has 6 heteroatoms. The van der Waals surface area contributed by atoms with Gasteiger partial charge in [0.2, 0.25) is 5.69 Å². The molecule has 0 aliphatic heterocycles. The topological polar surface area (TPSA) is 81.5 Å². The fourth-order valence-electron chi connectivity index (χ4n) is 1.46. The van der Waals surface area contributed by atoms with Crippen molar-refractivity contribution in [2.75, 3.05) is 6.61 Å². The lowest BCUT2D eigenvalue weighted by Crippen LogP contribution is -2.05. The number of carboxylic acids is 1. The Morgan fingerprint density at radius 3 is 2.58 bits per heavy atom. The molecule has 0 aliphatic rings. The molecule has 98 valence electrons. The van der Waals surface area contributed by atoms with Crippen LogP contribution >= 0.6 is 0 Å². The summed E-state index contributed by atoms with van der Waals surface area (Å²) in [5.74, 6) is -0.349. The van der Waals surface area contributed by atoms with Gasteiger partial charge in [0.15, 0.2) is 11.5 Å². The number of para-hydroxylation sites is 2. The third-order valence-corrected chi connectivity index (χ3v) is 2.22. The first-order chi connectivity index (χ1) is 9.22. The van der Waals surface area contributed by atoms with Crippen molar-refractivity contribution in [2.24, 2.45) is 0 Å². The van der Waals surface area contributed by atoms with E-state index in [1.807, 2.05) is 6.92 Å². The number of aromatic nitrogens is 2. The molecule has 0 spiro atoms. The monoisotopic (exact) mass is 260 g/mol. The lowest BCUT2D eigenvalue weighted by atomic mass is 10.3. The van der Waals surface area contributed by atoms with Crippen LogP contribution in [-0.4, -0.2) is 27.7 Å². The van der Waals surface area contributed by atoms with Crippen molar-refractivity contribution < 1.29 is 19.4 Å². The number of carboxylic acid groups (broad SMARTS) is 1. The summed E-state index contributed by atoms with van der Waals surface area (Å²) >= 11 is 0. The molecular formula is C13H12N2O4. The minimum atomic E-state index is -1.20. The summed E-state index contributed by atoms with van der Waals surface area (Å²) in [5.41, 5.74) is -0.242. The van der Waals surface area contributed by atoms with E-state index >= 15 is 0 Å². The molecule has 0 amide bonds. The Balaban J connectivity index is 2.34. The van der Waals surface area contributed by atoms with Crippen LogP contribution in [0, 0.1) is 0 Å². The first-order valence-electron chi connectivity index (χ1n) is 5.66. The van der Waals surface area contributed by atoms with Crippen LogP contribution in [0.5, 0.6) is 17.4 Å². The summed E-state index contributed by atoms with van der Waals surface area (Å²) in [4.78, 5) is 18.6. The summed E-state index contributed by atoms with van der Waals surface area (Å²) in [6.07, 6.45) is 2.66. The highest BCUT2D eigenvalue weighted by Crippen LogP contribution is 2.31. The maximum Gasteiger partial charge on any atom is 0.360 e. The van der Waals surface area contributed by atoms with Crippen LogP contribution in [-0.2, 0) is 0 Å². The van der Waals surface area contributed by atoms with Crippen LogP contribution in [0.25, 0.3) is 0 Å². The van der Waals surface area contributed by atoms with Crippen molar-refractivity contribution in [1.29, 1.82) is 0 Å². The predicted octanol–water partition coefficient (Wildman–Crippen LogP) is 2.37. The van der Waals surface area contributed by atoms with E-state index in [9.17, 15) is 4.79 Å². The molecule has 1 heterocycles. The quantitative estimate of drug-likeness (QED) is 0.888. The highest BCUT2D eigenvalue weighted by Gasteiger charge is 2.16. The Hall–Kier alpha value is -2.63. The van der Waals surface area contributed by atoms with Crippen LogP contribution in [0.2, 0.25) is 0 Å². The average Bonchev–Trinajstić information content (AvgIpc) is 2.42. The van der Waals surface area contributed by atoms with Crippen LogP contribution in [0.3, 0.4) is 0 Å². The lowest BCUT2D eigenvalue weighted by Gasteiger charge is -2.11. The zero-order valence-electron chi connectivity index (χ0n) is 10.2. The lowest BCUT2D eigenvalue weighted by molar-refractivity contribution is 0.0686. The third kappa shape index (κ3) is 2.98. The molecule has 6 nitrogen and oxygen atoms in total. The Morgan fingerprint density at radius 2 is 1.89 bits per heavy atom. The smallest absolute Gasteiger partial charge is 0.360 e. The molecule has 0 unspecified atom stereocenters. The first-order valence-corrected chi connectivity index (χ1v) is 5.66. The Morgan fingerprint density at radius 1 is 1.21 bits per heavy atom. The second kappa shape index (κ2) is 5.81. The number of nitrogens with zero attached hydrogens (tertiary/aromatic N) is 2. The van der Waals surface area contributed by atoms with E-state index < -0.39 is 5.97 Å². The van der Waals surface area contributed by atoms with E-state index in [4.69, 9.17) is 14.6 Å². The zero-order chi connectivity index (χ0) is 13.7. The van der Waals surface area contributed by atoms with Gasteiger partial charge in [-0.15, -0.1) is 0 Å². The van der Waals surface area contributed by atoms with Crippen molar-refractivity contribution in [1.82, 2.24) is 9.97 Å². The van der Waals surface area contributed by atoms with Gasteiger partial charge < -0.3 is 14.6 Å². The first kappa shape index (κ1) is 12.8. The fourth-order valence-corrected chi connectivity index (χ4v) is 1.46. The highest BCUT2D eigenvalue weighted by atomic mass is 16.5. The normalized spacial score (nSPS) is 9.95. The van der Waals surface area contributed by atoms with Crippen molar-refractivity contribution in [2.45, 2.75) is 6.92 Å². The molecule has 0 saturated heterocycles. The molecule has 1 aromatic heterocycles. The third-order valence-electron chi connectivity index (χ3n) is 2.22. The van der Waals surface area contributed by atoms with Gasteiger partial charge >= 0.3 is 5.97 Å². The average molecular weight is 260 g/mol. The summed E-state index contributed by atoms with van der Waals surface area (Å²) in [5, 5.41) is 9.00. The molecule has 1 aromatic carbocycles. The summed E-state index contributed by atoms with van der Waals surface area (Å²) in [6.45, 7) is 2.33. The van der Waals surface area contributed by atoms with E-state index in [1.165, 1.54) is 12.4 Å². The van der Waals surface area contributed by atoms with Crippen LogP contribution in [0.1, 0.15) is 17.4 Å². The second-order valence-corrected chi connectivity index (χ2v) is 3.50. The molecular weight excluding hydrogens is 248 g/mol. The van der Waals surface area contributed by atoms with Gasteiger partial charge in [-0.3, -0.25) is 0 Å². The Labute approximate surface area is 109 Å². The van der Waals surface area contributed by atoms with Gasteiger partial charge in [0, 0.05) is 12.4 Å². The molecule has 19 heavy (non-hydrogen) atoms. The molecule has 0 saturated carbocycles. The van der Waals surface area contributed by atoms with Crippen molar-refractivity contribution >= 4 is 5.97 Å². The molecule has 0 atom stereocenters. The standard InChI is InChI=1S/C13H12N2O4/c1-2-18-9-5-3-4-6-10(9)19-12-11(13(16)17)14-7-8-15-12/h3-8H,2H2,1H3,(H,16,17). The number of carbonyl (C=O) groups is 1. The predicted molar refractivity (Wildman–Crippen MR) is 66.7 cm³/mol. The minimum absolute atomic E-state index is 0.0675. The van der Waals surface area contributed by atoms with E-state index in [1.54, 1.807) is 24.3 Å². The van der Waals surface area contributed by atoms with Gasteiger partial charge in [-0.05, 0) is 19.1 Å². The van der Waals surface area contributed by atoms with Gasteiger partial charge in [0.25, 0.3) is 5.88 Å². The fraction of sp³-hybridized carbons (Fsp3) is 0.154. The summed E-state index contributed by atoms with van der Waals surface area (Å²) in [6, 6.07) is 6.96. The van der Waals surface area contributed by atoms with Gasteiger partial charge in [-0.1, -0.05) is 12.1 Å². The van der Waals surface area contributed by atoms with Crippen molar-refractivity contribution in [3.05, 3.63) is 42.4 Å². The molecule has 0 aliphatic carbocycles. The maximum absolute atomic E-state index is 11.0. The second-order valence-electron chi connectivity index (χ2n) is 3.50. The Kier molecular flexibility index (Phi) is 3.92. The van der Waals surface area contributed by atoms with Gasteiger partial charge in [-0.25, -0.2) is 14.8 Å². The molecule has 0 radical (unpaired) electrons. The molecule has 0 fully saturated rings. The molecule has 2 aromatic rings. The van der Waals surface area contributed by atoms with Gasteiger partial charge in [-0.2, -0.15) is 0 Å². The van der Waals surface area contributed by atoms with Crippen LogP contribution in [0.4, 0.5) is 0 Å². The summed E-state index contributed by atoms with van der Waals surface area (Å²) < 4.78 is 10.9. The van der Waals surface area contributed by atoms with Crippen LogP contribution < -0.4 is 9.47 Å². The number of ether oxygens (including phenoxy) is 2. The minimum Gasteiger partial charge on any atom is -0.490 e. The number of benzene rings is 1. The Bertz CT molecular complexity index is 586. The van der Waals surface area contributed by atoms with Gasteiger partial charge in [0.1, 0.15) is 0 Å². The molecule has 1 N–H and O–H groups in total. The van der Waals surface area contributed by atoms with E-state index in [-0.39, 0.29) is 11.6 Å². The van der Waals surface area contributed by atoms with E-state index in [0.29, 0.717) is 18.1 Å². The molecule has 2 rings (SSSR count). The number of rotatable bonds is 5. The zero-order valence-corrected chi connectivity index (χ0v) is 10.2. The largest absolute Gasteiger partial charge is 0.490 e. The number of hydrogen-bond donors (Lipinski definition) is 1. The maximum atomic E-state index is 11.0.